The Morgan fingerprint density at radius 3 is 2.92 bits per heavy atom. The van der Waals surface area contributed by atoms with Gasteiger partial charge in [0.15, 0.2) is 5.60 Å². The zero-order valence-electron chi connectivity index (χ0n) is 15.8. The van der Waals surface area contributed by atoms with Crippen molar-refractivity contribution in [2.24, 2.45) is 0 Å². The van der Waals surface area contributed by atoms with E-state index >= 15 is 0 Å². The van der Waals surface area contributed by atoms with Gasteiger partial charge in [-0.05, 0) is 29.9 Å². The molecule has 0 bridgehead atoms. The van der Waals surface area contributed by atoms with Crippen molar-refractivity contribution >= 4 is 5.69 Å². The topological polar surface area (TPSA) is 60.6 Å². The van der Waals surface area contributed by atoms with Crippen LogP contribution >= 0.6 is 0 Å². The minimum atomic E-state index is -0.589. The minimum Gasteiger partial charge on any atom is -0.420 e. The molecule has 1 fully saturated rings. The highest BCUT2D eigenvalue weighted by atomic mass is 16.6. The van der Waals surface area contributed by atoms with Crippen molar-refractivity contribution in [1.82, 2.24) is 10.2 Å². The highest BCUT2D eigenvalue weighted by Crippen LogP contribution is 2.37. The van der Waals surface area contributed by atoms with E-state index in [-0.39, 0.29) is 0 Å². The number of anilines is 1. The van der Waals surface area contributed by atoms with Gasteiger partial charge >= 0.3 is 0 Å². The lowest BCUT2D eigenvalue weighted by molar-refractivity contribution is -0.0416. The van der Waals surface area contributed by atoms with Gasteiger partial charge in [-0.2, -0.15) is 0 Å². The molecule has 4 rings (SSSR count). The highest BCUT2D eigenvalue weighted by Gasteiger charge is 2.42. The maximum absolute atomic E-state index is 6.01. The molecule has 0 spiro atoms. The van der Waals surface area contributed by atoms with E-state index in [0.29, 0.717) is 37.5 Å². The van der Waals surface area contributed by atoms with Gasteiger partial charge in [0.05, 0.1) is 19.8 Å². The standard InChI is InChI=1S/C20H27N3O3/c1-14(2)16-8-4-6-15-7-5-10-23(18(15)16)12-17-21-22-19(26-17)20(24-3)9-11-25-13-20/h4,6,8,14H,5,7,9-13H2,1-3H3. The maximum Gasteiger partial charge on any atom is 0.250 e. The van der Waals surface area contributed by atoms with E-state index in [4.69, 9.17) is 13.9 Å². The van der Waals surface area contributed by atoms with Crippen LogP contribution in [0.3, 0.4) is 0 Å². The lowest BCUT2D eigenvalue weighted by Crippen LogP contribution is -2.30. The van der Waals surface area contributed by atoms with Crippen molar-refractivity contribution in [2.75, 3.05) is 31.8 Å². The van der Waals surface area contributed by atoms with Gasteiger partial charge in [-0.3, -0.25) is 0 Å². The number of para-hydroxylation sites is 1. The first-order chi connectivity index (χ1) is 12.6. The molecule has 0 amide bonds. The summed E-state index contributed by atoms with van der Waals surface area (Å²) < 4.78 is 17.2. The number of aromatic nitrogens is 2. The van der Waals surface area contributed by atoms with E-state index in [1.807, 2.05) is 0 Å². The molecule has 0 aliphatic carbocycles. The summed E-state index contributed by atoms with van der Waals surface area (Å²) in [5.41, 5.74) is 3.56. The first kappa shape index (κ1) is 17.5. The van der Waals surface area contributed by atoms with E-state index in [1.54, 1.807) is 7.11 Å². The molecular formula is C20H27N3O3. The number of hydrogen-bond donors (Lipinski definition) is 0. The molecule has 0 N–H and O–H groups in total. The normalized spacial score (nSPS) is 22.8. The van der Waals surface area contributed by atoms with Crippen molar-refractivity contribution in [2.45, 2.75) is 51.2 Å². The van der Waals surface area contributed by atoms with Crippen LogP contribution in [0.25, 0.3) is 0 Å². The summed E-state index contributed by atoms with van der Waals surface area (Å²) in [4.78, 5) is 2.39. The Bertz CT molecular complexity index is 765. The molecule has 2 aliphatic rings. The van der Waals surface area contributed by atoms with Gasteiger partial charge in [-0.1, -0.05) is 32.0 Å². The first-order valence-electron chi connectivity index (χ1n) is 9.45. The lowest BCUT2D eigenvalue weighted by atomic mass is 9.92. The van der Waals surface area contributed by atoms with E-state index in [0.717, 1.165) is 25.8 Å². The summed E-state index contributed by atoms with van der Waals surface area (Å²) in [5.74, 6) is 1.65. The molecule has 0 saturated carbocycles. The molecule has 1 atom stereocenters. The Labute approximate surface area is 154 Å². The van der Waals surface area contributed by atoms with Gasteiger partial charge in [0.1, 0.15) is 0 Å². The van der Waals surface area contributed by atoms with Gasteiger partial charge in [0.25, 0.3) is 5.89 Å². The third kappa shape index (κ3) is 3.01. The van der Waals surface area contributed by atoms with Gasteiger partial charge < -0.3 is 18.8 Å². The van der Waals surface area contributed by atoms with Crippen molar-refractivity contribution in [1.29, 1.82) is 0 Å². The average Bonchev–Trinajstić information content (AvgIpc) is 3.31. The second-order valence-corrected chi connectivity index (χ2v) is 7.54. The summed E-state index contributed by atoms with van der Waals surface area (Å²) in [7, 11) is 1.67. The Kier molecular flexibility index (Phi) is 4.71. The van der Waals surface area contributed by atoms with Crippen molar-refractivity contribution in [3.8, 4) is 0 Å². The maximum atomic E-state index is 6.01. The van der Waals surface area contributed by atoms with Gasteiger partial charge in [-0.25, -0.2) is 0 Å². The predicted molar refractivity (Wildman–Crippen MR) is 98.3 cm³/mol. The second-order valence-electron chi connectivity index (χ2n) is 7.54. The number of ether oxygens (including phenoxy) is 2. The molecule has 1 saturated heterocycles. The highest BCUT2D eigenvalue weighted by molar-refractivity contribution is 5.62. The van der Waals surface area contributed by atoms with Crippen LogP contribution in [-0.2, 0) is 28.0 Å². The van der Waals surface area contributed by atoms with Crippen LogP contribution in [-0.4, -0.2) is 37.1 Å². The summed E-state index contributed by atoms with van der Waals surface area (Å²) in [6.45, 7) is 7.25. The number of aryl methyl sites for hydroxylation is 1. The van der Waals surface area contributed by atoms with Crippen molar-refractivity contribution in [3.05, 3.63) is 41.1 Å². The predicted octanol–water partition coefficient (Wildman–Crippen LogP) is 3.41. The molecule has 1 aromatic carbocycles. The van der Waals surface area contributed by atoms with Crippen molar-refractivity contribution < 1.29 is 13.9 Å². The minimum absolute atomic E-state index is 0.467. The Hall–Kier alpha value is -1.92. The molecule has 1 unspecified atom stereocenters. The van der Waals surface area contributed by atoms with Crippen LogP contribution in [0.4, 0.5) is 5.69 Å². The molecule has 2 aromatic rings. The van der Waals surface area contributed by atoms with Crippen LogP contribution in [0, 0.1) is 0 Å². The number of hydrogen-bond acceptors (Lipinski definition) is 6. The number of nitrogens with zero attached hydrogens (tertiary/aromatic N) is 3. The van der Waals surface area contributed by atoms with Crippen LogP contribution in [0.15, 0.2) is 22.6 Å². The van der Waals surface area contributed by atoms with Gasteiger partial charge in [0, 0.05) is 25.8 Å². The molecule has 140 valence electrons. The van der Waals surface area contributed by atoms with Crippen LogP contribution < -0.4 is 4.90 Å². The fraction of sp³-hybridized carbons (Fsp3) is 0.600. The Balaban J connectivity index is 1.60. The zero-order chi connectivity index (χ0) is 18.1. The molecular weight excluding hydrogens is 330 g/mol. The quantitative estimate of drug-likeness (QED) is 0.817. The first-order valence-corrected chi connectivity index (χ1v) is 9.45. The second kappa shape index (κ2) is 7.00. The number of rotatable bonds is 5. The number of fused-ring (bicyclic) bond motifs is 1. The van der Waals surface area contributed by atoms with Crippen LogP contribution in [0.2, 0.25) is 0 Å². The third-order valence-electron chi connectivity index (χ3n) is 5.52. The molecule has 26 heavy (non-hydrogen) atoms. The van der Waals surface area contributed by atoms with Crippen molar-refractivity contribution in [3.63, 3.8) is 0 Å². The van der Waals surface area contributed by atoms with Crippen LogP contribution in [0.1, 0.15) is 55.5 Å². The fourth-order valence-corrected chi connectivity index (χ4v) is 4.02. The molecule has 6 heteroatoms. The number of methoxy groups -OCH3 is 1. The number of benzene rings is 1. The van der Waals surface area contributed by atoms with Gasteiger partial charge in [-0.15, -0.1) is 10.2 Å². The third-order valence-corrected chi connectivity index (χ3v) is 5.52. The van der Waals surface area contributed by atoms with E-state index < -0.39 is 5.60 Å². The Morgan fingerprint density at radius 2 is 2.19 bits per heavy atom. The lowest BCUT2D eigenvalue weighted by Gasteiger charge is -2.33. The monoisotopic (exact) mass is 357 g/mol. The summed E-state index contributed by atoms with van der Waals surface area (Å²) in [6.07, 6.45) is 3.02. The van der Waals surface area contributed by atoms with E-state index in [9.17, 15) is 0 Å². The smallest absolute Gasteiger partial charge is 0.250 e. The molecule has 6 nitrogen and oxygen atoms in total. The van der Waals surface area contributed by atoms with E-state index in [1.165, 1.54) is 16.8 Å². The molecule has 3 heterocycles. The summed E-state index contributed by atoms with van der Waals surface area (Å²) in [5, 5.41) is 8.57. The summed E-state index contributed by atoms with van der Waals surface area (Å²) in [6, 6.07) is 6.64. The Morgan fingerprint density at radius 1 is 1.31 bits per heavy atom. The molecule has 1 aromatic heterocycles. The average molecular weight is 357 g/mol. The molecule has 0 radical (unpaired) electrons. The van der Waals surface area contributed by atoms with Gasteiger partial charge in [0.2, 0.25) is 5.89 Å². The fourth-order valence-electron chi connectivity index (χ4n) is 4.02. The largest absolute Gasteiger partial charge is 0.420 e. The SMILES string of the molecule is COC1(c2nnc(CN3CCCc4cccc(C(C)C)c43)o2)CCOC1. The molecule has 2 aliphatic heterocycles. The van der Waals surface area contributed by atoms with Crippen LogP contribution in [0.5, 0.6) is 0 Å². The van der Waals surface area contributed by atoms with E-state index in [2.05, 4.69) is 47.1 Å². The zero-order valence-corrected chi connectivity index (χ0v) is 15.8. The summed E-state index contributed by atoms with van der Waals surface area (Å²) >= 11 is 0.